The first kappa shape index (κ1) is 11.0. The van der Waals surface area contributed by atoms with Crippen molar-refractivity contribution >= 4 is 0 Å². The molecule has 1 heterocycles. The maximum atomic E-state index is 5.74. The van der Waals surface area contributed by atoms with Crippen LogP contribution in [0.3, 0.4) is 0 Å². The Balaban J connectivity index is 2.36. The van der Waals surface area contributed by atoms with Gasteiger partial charge in [-0.15, -0.1) is 0 Å². The van der Waals surface area contributed by atoms with Crippen molar-refractivity contribution < 1.29 is 4.74 Å². The molecular weight excluding hydrogens is 164 g/mol. The molecule has 0 aliphatic carbocycles. The highest BCUT2D eigenvalue weighted by molar-refractivity contribution is 4.77. The summed E-state index contributed by atoms with van der Waals surface area (Å²) >= 11 is 0. The lowest BCUT2D eigenvalue weighted by Gasteiger charge is -2.28. The lowest BCUT2D eigenvalue weighted by atomic mass is 10.1. The number of nitrogens with zero attached hydrogens (tertiary/aromatic N) is 1. The Bertz CT molecular complexity index is 148. The zero-order valence-electron chi connectivity index (χ0n) is 9.10. The molecule has 0 atom stereocenters. The van der Waals surface area contributed by atoms with Crippen LogP contribution in [0.25, 0.3) is 0 Å². The van der Waals surface area contributed by atoms with Crippen molar-refractivity contribution in [1.29, 1.82) is 0 Å². The maximum absolute atomic E-state index is 5.74. The van der Waals surface area contributed by atoms with Gasteiger partial charge in [0.1, 0.15) is 0 Å². The second-order valence-electron chi connectivity index (χ2n) is 4.34. The minimum atomic E-state index is 0.0320. The molecule has 1 aliphatic rings. The van der Waals surface area contributed by atoms with Gasteiger partial charge >= 0.3 is 0 Å². The summed E-state index contributed by atoms with van der Waals surface area (Å²) in [6, 6.07) is 0. The third kappa shape index (κ3) is 4.07. The monoisotopic (exact) mass is 186 g/mol. The van der Waals surface area contributed by atoms with E-state index in [9.17, 15) is 0 Å². The molecule has 1 rings (SSSR count). The lowest BCUT2D eigenvalue weighted by molar-refractivity contribution is -0.0170. The van der Waals surface area contributed by atoms with Gasteiger partial charge in [0.2, 0.25) is 0 Å². The minimum absolute atomic E-state index is 0.0320. The molecule has 13 heavy (non-hydrogen) atoms. The van der Waals surface area contributed by atoms with Crippen LogP contribution in [0, 0.1) is 0 Å². The van der Waals surface area contributed by atoms with Gasteiger partial charge in [-0.25, -0.2) is 0 Å². The quantitative estimate of drug-likeness (QED) is 0.702. The fourth-order valence-corrected chi connectivity index (χ4v) is 1.76. The smallest absolute Gasteiger partial charge is 0.0752 e. The van der Waals surface area contributed by atoms with Crippen LogP contribution in [0.5, 0.6) is 0 Å². The summed E-state index contributed by atoms with van der Waals surface area (Å²) in [5.74, 6) is 0. The number of ether oxygens (including phenoxy) is 1. The van der Waals surface area contributed by atoms with Crippen LogP contribution < -0.4 is 5.32 Å². The molecule has 3 nitrogen and oxygen atoms in total. The van der Waals surface area contributed by atoms with Crippen LogP contribution in [-0.2, 0) is 4.74 Å². The van der Waals surface area contributed by atoms with Gasteiger partial charge in [-0.2, -0.15) is 0 Å². The van der Waals surface area contributed by atoms with Crippen LogP contribution in [-0.4, -0.2) is 50.3 Å². The van der Waals surface area contributed by atoms with Crippen molar-refractivity contribution in [2.24, 2.45) is 0 Å². The average molecular weight is 186 g/mol. The summed E-state index contributed by atoms with van der Waals surface area (Å²) in [6.07, 6.45) is 1.16. The van der Waals surface area contributed by atoms with Gasteiger partial charge in [-0.1, -0.05) is 0 Å². The van der Waals surface area contributed by atoms with E-state index < -0.39 is 0 Å². The Kier molecular flexibility index (Phi) is 4.16. The maximum Gasteiger partial charge on any atom is 0.0752 e. The Hall–Kier alpha value is -0.120. The third-order valence-corrected chi connectivity index (χ3v) is 2.39. The first-order valence-corrected chi connectivity index (χ1v) is 5.15. The summed E-state index contributed by atoms with van der Waals surface area (Å²) < 4.78 is 5.74. The highest BCUT2D eigenvalue weighted by Gasteiger charge is 2.24. The predicted molar refractivity (Wildman–Crippen MR) is 55.0 cm³/mol. The van der Waals surface area contributed by atoms with Crippen LogP contribution in [0.2, 0.25) is 0 Å². The molecule has 1 saturated heterocycles. The van der Waals surface area contributed by atoms with Crippen molar-refractivity contribution in [2.75, 3.05) is 39.8 Å². The third-order valence-electron chi connectivity index (χ3n) is 2.39. The second-order valence-corrected chi connectivity index (χ2v) is 4.34. The fourth-order valence-electron chi connectivity index (χ4n) is 1.76. The normalized spacial score (nSPS) is 24.2. The van der Waals surface area contributed by atoms with E-state index in [4.69, 9.17) is 4.74 Å². The Morgan fingerprint density at radius 2 is 2.23 bits per heavy atom. The zero-order chi connectivity index (χ0) is 9.73. The highest BCUT2D eigenvalue weighted by Crippen LogP contribution is 2.15. The summed E-state index contributed by atoms with van der Waals surface area (Å²) in [4.78, 5) is 2.48. The van der Waals surface area contributed by atoms with Gasteiger partial charge in [0.05, 0.1) is 5.60 Å². The van der Waals surface area contributed by atoms with E-state index in [1.807, 2.05) is 7.05 Å². The molecule has 1 N–H and O–H groups in total. The molecule has 0 amide bonds. The van der Waals surface area contributed by atoms with Gasteiger partial charge in [0, 0.05) is 32.8 Å². The molecule has 0 spiro atoms. The van der Waals surface area contributed by atoms with Gasteiger partial charge in [-0.3, -0.25) is 4.90 Å². The molecule has 0 bridgehead atoms. The number of nitrogens with one attached hydrogen (secondary N) is 1. The fraction of sp³-hybridized carbons (Fsp3) is 1.00. The van der Waals surface area contributed by atoms with Gasteiger partial charge in [-0.05, 0) is 27.3 Å². The molecular formula is C10H22N2O. The van der Waals surface area contributed by atoms with Gasteiger partial charge in [0.25, 0.3) is 0 Å². The van der Waals surface area contributed by atoms with Crippen molar-refractivity contribution in [2.45, 2.75) is 25.9 Å². The highest BCUT2D eigenvalue weighted by atomic mass is 16.5. The Morgan fingerprint density at radius 3 is 2.92 bits per heavy atom. The van der Waals surface area contributed by atoms with Gasteiger partial charge < -0.3 is 10.1 Å². The molecule has 1 fully saturated rings. The van der Waals surface area contributed by atoms with E-state index in [2.05, 4.69) is 24.1 Å². The average Bonchev–Trinajstić information content (AvgIpc) is 2.22. The number of hydrogen-bond acceptors (Lipinski definition) is 3. The summed E-state index contributed by atoms with van der Waals surface area (Å²) in [5, 5.41) is 3.18. The molecule has 0 saturated carbocycles. The molecule has 0 aromatic heterocycles. The summed E-state index contributed by atoms with van der Waals surface area (Å²) in [5.41, 5.74) is 0.0320. The molecule has 0 aromatic rings. The van der Waals surface area contributed by atoms with Crippen LogP contribution in [0.1, 0.15) is 20.3 Å². The number of rotatable bonds is 3. The molecule has 0 aromatic carbocycles. The minimum Gasteiger partial charge on any atom is -0.374 e. The zero-order valence-corrected chi connectivity index (χ0v) is 9.10. The molecule has 1 aliphatic heterocycles. The SMILES string of the molecule is CNCCN1CCCOC(C)(C)C1. The van der Waals surface area contributed by atoms with Crippen molar-refractivity contribution in [3.63, 3.8) is 0 Å². The predicted octanol–water partition coefficient (Wildman–Crippen LogP) is 0.707. The molecule has 0 unspecified atom stereocenters. The Morgan fingerprint density at radius 1 is 1.46 bits per heavy atom. The van der Waals surface area contributed by atoms with E-state index in [0.717, 1.165) is 32.7 Å². The van der Waals surface area contributed by atoms with E-state index in [1.165, 1.54) is 6.54 Å². The Labute approximate surface area is 81.4 Å². The lowest BCUT2D eigenvalue weighted by Crippen LogP contribution is -2.40. The van der Waals surface area contributed by atoms with E-state index >= 15 is 0 Å². The van der Waals surface area contributed by atoms with Gasteiger partial charge in [0.15, 0.2) is 0 Å². The summed E-state index contributed by atoms with van der Waals surface area (Å²) in [7, 11) is 2.00. The number of likely N-dealkylation sites (N-methyl/N-ethyl adjacent to an activating group) is 1. The van der Waals surface area contributed by atoms with E-state index in [-0.39, 0.29) is 5.60 Å². The van der Waals surface area contributed by atoms with Crippen LogP contribution >= 0.6 is 0 Å². The largest absolute Gasteiger partial charge is 0.374 e. The molecule has 0 radical (unpaired) electrons. The van der Waals surface area contributed by atoms with Crippen molar-refractivity contribution in [3.05, 3.63) is 0 Å². The second kappa shape index (κ2) is 4.94. The van der Waals surface area contributed by atoms with E-state index in [1.54, 1.807) is 0 Å². The molecule has 78 valence electrons. The standard InChI is InChI=1S/C10H22N2O/c1-10(2)9-12(7-5-11-3)6-4-8-13-10/h11H,4-9H2,1-3H3. The van der Waals surface area contributed by atoms with E-state index in [0.29, 0.717) is 0 Å². The first-order chi connectivity index (χ1) is 6.14. The van der Waals surface area contributed by atoms with Crippen molar-refractivity contribution in [1.82, 2.24) is 10.2 Å². The molecule has 3 heteroatoms. The number of hydrogen-bond donors (Lipinski definition) is 1. The first-order valence-electron chi connectivity index (χ1n) is 5.15. The van der Waals surface area contributed by atoms with Crippen LogP contribution in [0.15, 0.2) is 0 Å². The summed E-state index contributed by atoms with van der Waals surface area (Å²) in [6.45, 7) is 9.66. The van der Waals surface area contributed by atoms with Crippen molar-refractivity contribution in [3.8, 4) is 0 Å². The van der Waals surface area contributed by atoms with Crippen LogP contribution in [0.4, 0.5) is 0 Å². The topological polar surface area (TPSA) is 24.5 Å².